The van der Waals surface area contributed by atoms with E-state index in [1.54, 1.807) is 6.07 Å². The van der Waals surface area contributed by atoms with Crippen LogP contribution in [0.25, 0.3) is 0 Å². The van der Waals surface area contributed by atoms with E-state index in [0.29, 0.717) is 18.0 Å². The first kappa shape index (κ1) is 14.2. The molecule has 0 saturated heterocycles. The lowest BCUT2D eigenvalue weighted by Gasteiger charge is -2.18. The maximum Gasteiger partial charge on any atom is 0.144 e. The van der Waals surface area contributed by atoms with Crippen molar-refractivity contribution in [1.29, 1.82) is 0 Å². The molecule has 4 heteroatoms. The zero-order valence-electron chi connectivity index (χ0n) is 11.7. The molecule has 3 N–H and O–H groups in total. The summed E-state index contributed by atoms with van der Waals surface area (Å²) in [5.41, 5.74) is 8.28. The monoisotopic (exact) mass is 274 g/mol. The third-order valence-electron chi connectivity index (χ3n) is 3.09. The van der Waals surface area contributed by atoms with Gasteiger partial charge >= 0.3 is 0 Å². The van der Waals surface area contributed by atoms with Gasteiger partial charge in [0.1, 0.15) is 11.6 Å². The normalized spacial score (nSPS) is 11.9. The molecule has 0 fully saturated rings. The Morgan fingerprint density at radius 1 is 1.25 bits per heavy atom. The highest BCUT2D eigenvalue weighted by atomic mass is 19.1. The zero-order valence-corrected chi connectivity index (χ0v) is 11.7. The lowest BCUT2D eigenvalue weighted by Crippen LogP contribution is -2.09. The van der Waals surface area contributed by atoms with Gasteiger partial charge in [0, 0.05) is 6.04 Å². The van der Waals surface area contributed by atoms with Crippen molar-refractivity contribution in [3.05, 3.63) is 53.8 Å². The number of nitrogen functional groups attached to an aromatic ring is 1. The van der Waals surface area contributed by atoms with Gasteiger partial charge in [-0.3, -0.25) is 0 Å². The highest BCUT2D eigenvalue weighted by Crippen LogP contribution is 2.31. The topological polar surface area (TPSA) is 47.3 Å². The Morgan fingerprint density at radius 2 is 2.00 bits per heavy atom. The highest BCUT2D eigenvalue weighted by molar-refractivity contribution is 5.73. The second-order valence-corrected chi connectivity index (χ2v) is 4.57. The number of rotatable bonds is 5. The molecular weight excluding hydrogens is 255 g/mol. The average molecular weight is 274 g/mol. The number of hydrogen-bond donors (Lipinski definition) is 2. The molecule has 0 radical (unpaired) electrons. The van der Waals surface area contributed by atoms with E-state index in [1.165, 1.54) is 12.1 Å². The van der Waals surface area contributed by atoms with Gasteiger partial charge in [-0.1, -0.05) is 18.2 Å². The third-order valence-corrected chi connectivity index (χ3v) is 3.09. The smallest absolute Gasteiger partial charge is 0.144 e. The zero-order chi connectivity index (χ0) is 14.5. The highest BCUT2D eigenvalue weighted by Gasteiger charge is 2.10. The standard InChI is InChI=1S/C16H19FN2O/c1-3-20-15-9-5-8-14(16(15)18)19-11(2)12-6-4-7-13(17)10-12/h4-11,19H,3,18H2,1-2H3. The molecule has 0 bridgehead atoms. The number of benzene rings is 2. The van der Waals surface area contributed by atoms with Gasteiger partial charge in [-0.25, -0.2) is 4.39 Å². The molecule has 2 aromatic rings. The van der Waals surface area contributed by atoms with Crippen molar-refractivity contribution in [3.8, 4) is 5.75 Å². The first-order valence-electron chi connectivity index (χ1n) is 6.65. The predicted octanol–water partition coefficient (Wildman–Crippen LogP) is 3.98. The van der Waals surface area contributed by atoms with Crippen LogP contribution in [0.1, 0.15) is 25.5 Å². The van der Waals surface area contributed by atoms with Crippen molar-refractivity contribution < 1.29 is 9.13 Å². The Hall–Kier alpha value is -2.23. The van der Waals surface area contributed by atoms with Crippen molar-refractivity contribution in [3.63, 3.8) is 0 Å². The maximum atomic E-state index is 13.2. The molecule has 1 atom stereocenters. The summed E-state index contributed by atoms with van der Waals surface area (Å²) in [5.74, 6) is 0.413. The number of ether oxygens (including phenoxy) is 1. The molecule has 106 valence electrons. The molecule has 0 aromatic heterocycles. The molecule has 0 heterocycles. The molecule has 0 aliphatic carbocycles. The van der Waals surface area contributed by atoms with E-state index < -0.39 is 0 Å². The van der Waals surface area contributed by atoms with Crippen molar-refractivity contribution in [2.24, 2.45) is 0 Å². The number of anilines is 2. The second kappa shape index (κ2) is 6.28. The average Bonchev–Trinajstić information content (AvgIpc) is 2.43. The van der Waals surface area contributed by atoms with Gasteiger partial charge in [0.25, 0.3) is 0 Å². The molecule has 2 rings (SSSR count). The summed E-state index contributed by atoms with van der Waals surface area (Å²) < 4.78 is 18.7. The minimum absolute atomic E-state index is 0.0510. The van der Waals surface area contributed by atoms with E-state index in [2.05, 4.69) is 5.32 Å². The maximum absolute atomic E-state index is 13.2. The van der Waals surface area contributed by atoms with Crippen molar-refractivity contribution in [1.82, 2.24) is 0 Å². The van der Waals surface area contributed by atoms with Crippen molar-refractivity contribution in [2.45, 2.75) is 19.9 Å². The van der Waals surface area contributed by atoms with Crippen molar-refractivity contribution in [2.75, 3.05) is 17.7 Å². The minimum Gasteiger partial charge on any atom is -0.492 e. The fraction of sp³-hybridized carbons (Fsp3) is 0.250. The SMILES string of the molecule is CCOc1cccc(NC(C)c2cccc(F)c2)c1N. The van der Waals surface area contributed by atoms with E-state index >= 15 is 0 Å². The Balaban J connectivity index is 2.19. The van der Waals surface area contributed by atoms with Crippen LogP contribution in [-0.4, -0.2) is 6.61 Å². The van der Waals surface area contributed by atoms with Gasteiger partial charge in [0.15, 0.2) is 0 Å². The van der Waals surface area contributed by atoms with Gasteiger partial charge in [0.2, 0.25) is 0 Å². The number of nitrogens with one attached hydrogen (secondary N) is 1. The summed E-state index contributed by atoms with van der Waals surface area (Å²) in [6, 6.07) is 12.1. The third kappa shape index (κ3) is 3.20. The molecule has 0 amide bonds. The molecule has 3 nitrogen and oxygen atoms in total. The molecular formula is C16H19FN2O. The number of hydrogen-bond acceptors (Lipinski definition) is 3. The Labute approximate surface area is 118 Å². The first-order valence-corrected chi connectivity index (χ1v) is 6.65. The largest absolute Gasteiger partial charge is 0.492 e. The van der Waals surface area contributed by atoms with E-state index in [0.717, 1.165) is 11.3 Å². The van der Waals surface area contributed by atoms with E-state index in [4.69, 9.17) is 10.5 Å². The lowest BCUT2D eigenvalue weighted by molar-refractivity contribution is 0.342. The summed E-state index contributed by atoms with van der Waals surface area (Å²) >= 11 is 0. The van der Waals surface area contributed by atoms with Crippen LogP contribution in [0.2, 0.25) is 0 Å². The predicted molar refractivity (Wildman–Crippen MR) is 80.5 cm³/mol. The molecule has 0 aliphatic rings. The summed E-state index contributed by atoms with van der Waals surface area (Å²) in [5, 5.41) is 3.28. The van der Waals surface area contributed by atoms with Gasteiger partial charge in [-0.05, 0) is 43.7 Å². The summed E-state index contributed by atoms with van der Waals surface area (Å²) in [6.45, 7) is 4.43. The number of halogens is 1. The van der Waals surface area contributed by atoms with Crippen LogP contribution < -0.4 is 15.8 Å². The quantitative estimate of drug-likeness (QED) is 0.811. The summed E-state index contributed by atoms with van der Waals surface area (Å²) in [4.78, 5) is 0. The van der Waals surface area contributed by atoms with Gasteiger partial charge in [-0.2, -0.15) is 0 Å². The lowest BCUT2D eigenvalue weighted by atomic mass is 10.1. The van der Waals surface area contributed by atoms with Crippen LogP contribution in [0.15, 0.2) is 42.5 Å². The van der Waals surface area contributed by atoms with Crippen LogP contribution in [-0.2, 0) is 0 Å². The van der Waals surface area contributed by atoms with Crippen LogP contribution in [0, 0.1) is 5.82 Å². The summed E-state index contributed by atoms with van der Waals surface area (Å²) in [7, 11) is 0. The van der Waals surface area contributed by atoms with Crippen LogP contribution in [0.3, 0.4) is 0 Å². The fourth-order valence-electron chi connectivity index (χ4n) is 2.04. The molecule has 0 spiro atoms. The number of nitrogens with two attached hydrogens (primary N) is 1. The molecule has 0 saturated carbocycles. The molecule has 1 unspecified atom stereocenters. The minimum atomic E-state index is -0.243. The Morgan fingerprint density at radius 3 is 2.70 bits per heavy atom. The van der Waals surface area contributed by atoms with Crippen LogP contribution in [0.4, 0.5) is 15.8 Å². The Kier molecular flexibility index (Phi) is 4.45. The van der Waals surface area contributed by atoms with E-state index in [1.807, 2.05) is 38.1 Å². The van der Waals surface area contributed by atoms with Crippen LogP contribution >= 0.6 is 0 Å². The first-order chi connectivity index (χ1) is 9.61. The number of para-hydroxylation sites is 1. The second-order valence-electron chi connectivity index (χ2n) is 4.57. The van der Waals surface area contributed by atoms with Gasteiger partial charge in [-0.15, -0.1) is 0 Å². The molecule has 20 heavy (non-hydrogen) atoms. The van der Waals surface area contributed by atoms with Gasteiger partial charge < -0.3 is 15.8 Å². The fourth-order valence-corrected chi connectivity index (χ4v) is 2.04. The summed E-state index contributed by atoms with van der Waals surface area (Å²) in [6.07, 6.45) is 0. The van der Waals surface area contributed by atoms with Crippen LogP contribution in [0.5, 0.6) is 5.75 Å². The van der Waals surface area contributed by atoms with E-state index in [9.17, 15) is 4.39 Å². The van der Waals surface area contributed by atoms with E-state index in [-0.39, 0.29) is 11.9 Å². The Bertz CT molecular complexity index is 586. The van der Waals surface area contributed by atoms with Crippen molar-refractivity contribution >= 4 is 11.4 Å². The van der Waals surface area contributed by atoms with Gasteiger partial charge in [0.05, 0.1) is 18.0 Å². The molecule has 0 aliphatic heterocycles. The molecule has 2 aromatic carbocycles.